The molecule has 124 valence electrons. The van der Waals surface area contributed by atoms with Gasteiger partial charge in [0.15, 0.2) is 11.9 Å². The Balaban J connectivity index is 2.24. The number of aromatic nitrogens is 1. The van der Waals surface area contributed by atoms with Crippen LogP contribution >= 0.6 is 0 Å². The molecule has 1 amide bonds. The fourth-order valence-electron chi connectivity index (χ4n) is 2.04. The molecule has 0 aliphatic carbocycles. The van der Waals surface area contributed by atoms with Gasteiger partial charge in [-0.2, -0.15) is 0 Å². The van der Waals surface area contributed by atoms with Crippen molar-refractivity contribution in [1.82, 2.24) is 4.98 Å². The first kappa shape index (κ1) is 16.7. The van der Waals surface area contributed by atoms with E-state index in [0.29, 0.717) is 0 Å². The summed E-state index contributed by atoms with van der Waals surface area (Å²) in [6.07, 6.45) is 0.783. The summed E-state index contributed by atoms with van der Waals surface area (Å²) in [5.74, 6) is -1.36. The molecule has 1 unspecified atom stereocenters. The first-order chi connectivity index (χ1) is 10.9. The second-order valence-corrected chi connectivity index (χ2v) is 5.01. The molecule has 0 fully saturated rings. The number of pyridine rings is 1. The molecule has 0 saturated carbocycles. The van der Waals surface area contributed by atoms with Crippen molar-refractivity contribution in [3.05, 3.63) is 22.2 Å². The summed E-state index contributed by atoms with van der Waals surface area (Å²) in [7, 11) is 0. The summed E-state index contributed by atoms with van der Waals surface area (Å²) in [5, 5.41) is 10.8. The zero-order valence-electron chi connectivity index (χ0n) is 12.9. The van der Waals surface area contributed by atoms with Crippen LogP contribution in [0.25, 0.3) is 0 Å². The van der Waals surface area contributed by atoms with Crippen LogP contribution in [0.3, 0.4) is 0 Å². The SMILES string of the molecule is CCCCOC(=O)CN1C(=O)C(C)Oc2ccc([N+](=O)[O-])nc21. The molecule has 1 aromatic rings. The highest BCUT2D eigenvalue weighted by molar-refractivity contribution is 6.02. The van der Waals surface area contributed by atoms with Crippen molar-refractivity contribution in [3.8, 4) is 5.75 Å². The van der Waals surface area contributed by atoms with E-state index >= 15 is 0 Å². The molecule has 1 aliphatic rings. The number of amides is 1. The third kappa shape index (κ3) is 3.74. The average Bonchev–Trinajstić information content (AvgIpc) is 2.51. The zero-order valence-corrected chi connectivity index (χ0v) is 12.9. The largest absolute Gasteiger partial charge is 0.475 e. The summed E-state index contributed by atoms with van der Waals surface area (Å²) in [6.45, 7) is 3.39. The van der Waals surface area contributed by atoms with Gasteiger partial charge >= 0.3 is 11.8 Å². The average molecular weight is 323 g/mol. The molecule has 0 N–H and O–H groups in total. The molecule has 1 aliphatic heterocycles. The van der Waals surface area contributed by atoms with E-state index in [4.69, 9.17) is 9.47 Å². The minimum atomic E-state index is -0.811. The van der Waals surface area contributed by atoms with Gasteiger partial charge in [-0.3, -0.25) is 14.5 Å². The number of ether oxygens (including phenoxy) is 2. The van der Waals surface area contributed by atoms with Crippen LogP contribution in [0, 0.1) is 10.1 Å². The maximum Gasteiger partial charge on any atom is 0.366 e. The van der Waals surface area contributed by atoms with Crippen molar-refractivity contribution in [2.75, 3.05) is 18.1 Å². The number of carbonyl (C=O) groups is 2. The first-order valence-electron chi connectivity index (χ1n) is 7.23. The van der Waals surface area contributed by atoms with Gasteiger partial charge in [-0.15, -0.1) is 0 Å². The van der Waals surface area contributed by atoms with Crippen molar-refractivity contribution in [2.24, 2.45) is 0 Å². The van der Waals surface area contributed by atoms with Gasteiger partial charge in [0.2, 0.25) is 0 Å². The summed E-state index contributed by atoms with van der Waals surface area (Å²) < 4.78 is 10.4. The Morgan fingerprint density at radius 1 is 1.52 bits per heavy atom. The van der Waals surface area contributed by atoms with Crippen molar-refractivity contribution < 1.29 is 24.0 Å². The summed E-state index contributed by atoms with van der Waals surface area (Å²) >= 11 is 0. The number of fused-ring (bicyclic) bond motifs is 1. The Morgan fingerprint density at radius 3 is 2.91 bits per heavy atom. The molecule has 0 saturated heterocycles. The molecule has 0 aromatic carbocycles. The van der Waals surface area contributed by atoms with Crippen LogP contribution in [-0.4, -0.2) is 41.0 Å². The maximum atomic E-state index is 12.2. The van der Waals surface area contributed by atoms with Crippen molar-refractivity contribution in [2.45, 2.75) is 32.8 Å². The van der Waals surface area contributed by atoms with Crippen LogP contribution in [0.15, 0.2) is 12.1 Å². The molecule has 2 heterocycles. The number of esters is 1. The number of hydrogen-bond acceptors (Lipinski definition) is 7. The molecule has 2 rings (SSSR count). The third-order valence-corrected chi connectivity index (χ3v) is 3.23. The first-order valence-corrected chi connectivity index (χ1v) is 7.23. The van der Waals surface area contributed by atoms with Gasteiger partial charge in [0, 0.05) is 6.07 Å². The molecular formula is C14H17N3O6. The van der Waals surface area contributed by atoms with Gasteiger partial charge in [0.05, 0.1) is 6.61 Å². The number of carbonyl (C=O) groups excluding carboxylic acids is 2. The van der Waals surface area contributed by atoms with E-state index in [9.17, 15) is 19.7 Å². The molecule has 1 atom stereocenters. The molecule has 9 nitrogen and oxygen atoms in total. The highest BCUT2D eigenvalue weighted by Crippen LogP contribution is 2.33. The molecular weight excluding hydrogens is 306 g/mol. The highest BCUT2D eigenvalue weighted by atomic mass is 16.6. The van der Waals surface area contributed by atoms with Gasteiger partial charge in [0.1, 0.15) is 6.54 Å². The van der Waals surface area contributed by atoms with Crippen LogP contribution in [0.2, 0.25) is 0 Å². The Bertz CT molecular complexity index is 633. The van der Waals surface area contributed by atoms with Crippen LogP contribution in [0.5, 0.6) is 5.75 Å². The molecule has 0 spiro atoms. The number of unbranched alkanes of at least 4 members (excludes halogenated alkanes) is 1. The molecule has 0 radical (unpaired) electrons. The lowest BCUT2D eigenvalue weighted by molar-refractivity contribution is -0.389. The number of nitro groups is 1. The number of anilines is 1. The Morgan fingerprint density at radius 2 is 2.26 bits per heavy atom. The van der Waals surface area contributed by atoms with Crippen LogP contribution in [0.4, 0.5) is 11.6 Å². The second kappa shape index (κ2) is 7.03. The van der Waals surface area contributed by atoms with E-state index in [1.54, 1.807) is 0 Å². The number of hydrogen-bond donors (Lipinski definition) is 0. The molecule has 23 heavy (non-hydrogen) atoms. The summed E-state index contributed by atoms with van der Waals surface area (Å²) in [5.41, 5.74) is 0. The Labute approximate surface area is 132 Å². The van der Waals surface area contributed by atoms with Gasteiger partial charge in [-0.1, -0.05) is 13.3 Å². The van der Waals surface area contributed by atoms with Crippen LogP contribution in [0.1, 0.15) is 26.7 Å². The predicted molar refractivity (Wildman–Crippen MR) is 79.2 cm³/mol. The maximum absolute atomic E-state index is 12.2. The lowest BCUT2D eigenvalue weighted by atomic mass is 10.2. The zero-order chi connectivity index (χ0) is 17.0. The van der Waals surface area contributed by atoms with Crippen LogP contribution < -0.4 is 9.64 Å². The van der Waals surface area contributed by atoms with E-state index in [-0.39, 0.29) is 24.7 Å². The number of rotatable bonds is 6. The van der Waals surface area contributed by atoms with Gasteiger partial charge in [-0.05, 0) is 29.3 Å². The fourth-order valence-corrected chi connectivity index (χ4v) is 2.04. The topological polar surface area (TPSA) is 112 Å². The van der Waals surface area contributed by atoms with Gasteiger partial charge in [0.25, 0.3) is 11.7 Å². The Kier molecular flexibility index (Phi) is 5.09. The monoisotopic (exact) mass is 323 g/mol. The smallest absolute Gasteiger partial charge is 0.366 e. The normalized spacial score (nSPS) is 16.5. The van der Waals surface area contributed by atoms with Gasteiger partial charge in [-0.25, -0.2) is 0 Å². The molecule has 9 heteroatoms. The van der Waals surface area contributed by atoms with E-state index in [1.165, 1.54) is 19.1 Å². The summed E-state index contributed by atoms with van der Waals surface area (Å²) in [6, 6.07) is 2.54. The molecule has 1 aromatic heterocycles. The van der Waals surface area contributed by atoms with Gasteiger partial charge < -0.3 is 19.6 Å². The number of nitrogens with zero attached hydrogens (tertiary/aromatic N) is 3. The predicted octanol–water partition coefficient (Wildman–Crippen LogP) is 1.45. The van der Waals surface area contributed by atoms with Crippen molar-refractivity contribution in [3.63, 3.8) is 0 Å². The minimum absolute atomic E-state index is 0.0465. The molecule has 0 bridgehead atoms. The van der Waals surface area contributed by atoms with Crippen molar-refractivity contribution in [1.29, 1.82) is 0 Å². The van der Waals surface area contributed by atoms with Crippen molar-refractivity contribution >= 4 is 23.5 Å². The quantitative estimate of drug-likeness (QED) is 0.337. The second-order valence-electron chi connectivity index (χ2n) is 5.01. The van der Waals surface area contributed by atoms with E-state index in [2.05, 4.69) is 4.98 Å². The van der Waals surface area contributed by atoms with Crippen LogP contribution in [-0.2, 0) is 14.3 Å². The lowest BCUT2D eigenvalue weighted by Gasteiger charge is -2.28. The standard InChI is InChI=1S/C14H17N3O6/c1-3-4-7-22-12(18)8-16-13-10(23-9(2)14(16)19)5-6-11(15-13)17(20)21/h5-6,9H,3-4,7-8H2,1-2H3. The highest BCUT2D eigenvalue weighted by Gasteiger charge is 2.38. The Hall–Kier alpha value is -2.71. The van der Waals surface area contributed by atoms with E-state index < -0.39 is 28.7 Å². The van der Waals surface area contributed by atoms with E-state index in [1.807, 2.05) is 6.92 Å². The minimum Gasteiger partial charge on any atom is -0.475 e. The third-order valence-electron chi connectivity index (χ3n) is 3.23. The fraction of sp³-hybridized carbons (Fsp3) is 0.500. The van der Waals surface area contributed by atoms with E-state index in [0.717, 1.165) is 17.7 Å². The summed E-state index contributed by atoms with van der Waals surface area (Å²) in [4.78, 5) is 39.1. The lowest BCUT2D eigenvalue weighted by Crippen LogP contribution is -2.47.